The molecule has 2 aliphatic rings. The second-order valence-corrected chi connectivity index (χ2v) is 28.3. The van der Waals surface area contributed by atoms with Gasteiger partial charge < -0.3 is 27.8 Å². The third-order valence-corrected chi connectivity index (χ3v) is 21.0. The number of benzene rings is 8. The second kappa shape index (κ2) is 25.6. The van der Waals surface area contributed by atoms with E-state index in [9.17, 15) is 0 Å². The number of aromatic nitrogens is 2. The van der Waals surface area contributed by atoms with E-state index in [-0.39, 0.29) is 0 Å². The minimum atomic E-state index is -0.435. The molecule has 12 rings (SSSR count). The van der Waals surface area contributed by atoms with Crippen molar-refractivity contribution < 1.29 is 18.6 Å². The molecule has 10 aromatic rings. The van der Waals surface area contributed by atoms with Crippen molar-refractivity contribution in [3.05, 3.63) is 156 Å². The highest BCUT2D eigenvalue weighted by atomic mass is 16.7. The predicted molar refractivity (Wildman–Crippen MR) is 378 cm³/mol. The standard InChI is InChI=1S/C80H98B2N2O4/c1-13-17-21-25-35-59-53-73(61(37-27-23-19-15-3)51-67(59)81-85-77(5,6)78(7,8)86-81)83-69-45-43-57(49-65(69)75-63-39-31-29-33-55(63)41-47-71(75)83)58-44-46-70-66(50-58)76-64-40-32-30-34-56(64)42-48-72(76)84(70)74-54-60(36-26-22-18-14-2)68(52-62(74)38-28-24-20-16-4)82-87-79(9,10)80(11,12)88-82/h29-34,39-54H,13-28,35-38H2,1-12H3. The van der Waals surface area contributed by atoms with Crippen LogP contribution in [0.1, 0.15) is 208 Å². The molecule has 0 aliphatic carbocycles. The van der Waals surface area contributed by atoms with Crippen LogP contribution >= 0.6 is 0 Å². The Hall–Kier alpha value is -6.15. The Balaban J connectivity index is 1.06. The molecular weight excluding hydrogens is 1070 g/mol. The normalized spacial score (nSPS) is 16.3. The van der Waals surface area contributed by atoms with Crippen molar-refractivity contribution in [3.8, 4) is 22.5 Å². The summed E-state index contributed by atoms with van der Waals surface area (Å²) in [6.45, 7) is 26.7. The van der Waals surface area contributed by atoms with E-state index >= 15 is 0 Å². The Bertz CT molecular complexity index is 3860. The number of fused-ring (bicyclic) bond motifs is 10. The summed E-state index contributed by atoms with van der Waals surface area (Å²) in [6, 6.07) is 52.3. The van der Waals surface area contributed by atoms with Gasteiger partial charge in [-0.3, -0.25) is 0 Å². The van der Waals surface area contributed by atoms with Gasteiger partial charge in [-0.2, -0.15) is 0 Å². The van der Waals surface area contributed by atoms with Gasteiger partial charge in [0.05, 0.1) is 44.5 Å². The van der Waals surface area contributed by atoms with Crippen molar-refractivity contribution >= 4 is 90.3 Å². The van der Waals surface area contributed by atoms with Crippen LogP contribution in [0.3, 0.4) is 0 Å². The Kier molecular flexibility index (Phi) is 18.1. The molecule has 0 bridgehead atoms. The van der Waals surface area contributed by atoms with Gasteiger partial charge in [0.15, 0.2) is 0 Å². The lowest BCUT2D eigenvalue weighted by atomic mass is 9.73. The van der Waals surface area contributed by atoms with E-state index in [1.54, 1.807) is 0 Å². The second-order valence-electron chi connectivity index (χ2n) is 28.3. The minimum Gasteiger partial charge on any atom is -0.399 e. The molecule has 0 saturated carbocycles. The molecule has 0 amide bonds. The summed E-state index contributed by atoms with van der Waals surface area (Å²) in [5.74, 6) is 0. The van der Waals surface area contributed by atoms with Gasteiger partial charge in [0.1, 0.15) is 0 Å². The van der Waals surface area contributed by atoms with Crippen LogP contribution in [0, 0.1) is 0 Å². The molecule has 88 heavy (non-hydrogen) atoms. The van der Waals surface area contributed by atoms with E-state index in [2.05, 4.69) is 226 Å². The fourth-order valence-corrected chi connectivity index (χ4v) is 14.4. The number of rotatable bonds is 25. The highest BCUT2D eigenvalue weighted by Crippen LogP contribution is 2.45. The summed E-state index contributed by atoms with van der Waals surface area (Å²) in [6.07, 6.45) is 23.0. The first kappa shape index (κ1) is 62.1. The van der Waals surface area contributed by atoms with Crippen molar-refractivity contribution in [2.24, 2.45) is 0 Å². The van der Waals surface area contributed by atoms with Crippen molar-refractivity contribution in [3.63, 3.8) is 0 Å². The van der Waals surface area contributed by atoms with Gasteiger partial charge in [-0.25, -0.2) is 0 Å². The number of nitrogens with zero attached hydrogens (tertiary/aromatic N) is 2. The van der Waals surface area contributed by atoms with Gasteiger partial charge in [-0.15, -0.1) is 0 Å². The molecule has 8 heteroatoms. The van der Waals surface area contributed by atoms with Crippen LogP contribution in [0.15, 0.2) is 133 Å². The van der Waals surface area contributed by atoms with Crippen molar-refractivity contribution in [2.75, 3.05) is 0 Å². The SMILES string of the molecule is CCCCCCc1cc(-n2c3ccc(-c4ccc5c(c4)c4c6ccccc6ccc4n5-c4cc(CCCCCC)c(B5OC(C)(C)C(C)(C)O5)cc4CCCCCC)cc3c3c4ccccc4ccc32)c(CCCCCC)cc1B1OC(C)(C)C(C)(C)O1. The molecule has 0 spiro atoms. The number of aryl methyl sites for hydroxylation is 4. The maximum atomic E-state index is 6.93. The third kappa shape index (κ3) is 11.7. The molecular formula is C80H98B2N2O4. The smallest absolute Gasteiger partial charge is 0.399 e. The monoisotopic (exact) mass is 1170 g/mol. The maximum absolute atomic E-state index is 6.93. The molecule has 2 aromatic heterocycles. The zero-order chi connectivity index (χ0) is 61.5. The van der Waals surface area contributed by atoms with Gasteiger partial charge in [0.25, 0.3) is 0 Å². The van der Waals surface area contributed by atoms with E-state index in [1.165, 1.54) is 198 Å². The Morgan fingerprint density at radius 2 is 0.648 bits per heavy atom. The number of hydrogen-bond donors (Lipinski definition) is 0. The first-order valence-corrected chi connectivity index (χ1v) is 34.4. The van der Waals surface area contributed by atoms with E-state index in [4.69, 9.17) is 18.6 Å². The summed E-state index contributed by atoms with van der Waals surface area (Å²) in [4.78, 5) is 0. The molecule has 2 fully saturated rings. The van der Waals surface area contributed by atoms with Gasteiger partial charge in [-0.05, 0) is 221 Å². The lowest BCUT2D eigenvalue weighted by Gasteiger charge is -2.32. The molecule has 6 nitrogen and oxygen atoms in total. The predicted octanol–water partition coefficient (Wildman–Crippen LogP) is 20.9. The highest BCUT2D eigenvalue weighted by Gasteiger charge is 2.53. The van der Waals surface area contributed by atoms with Crippen LogP contribution in [0.4, 0.5) is 0 Å². The molecule has 458 valence electrons. The molecule has 0 atom stereocenters. The molecule has 0 radical (unpaired) electrons. The average Bonchev–Trinajstić information content (AvgIpc) is 1.84. The summed E-state index contributed by atoms with van der Waals surface area (Å²) in [7, 11) is -0.848. The Morgan fingerprint density at radius 3 is 1.00 bits per heavy atom. The Labute approximate surface area is 527 Å². The van der Waals surface area contributed by atoms with E-state index in [1.807, 2.05) is 0 Å². The van der Waals surface area contributed by atoms with Crippen LogP contribution < -0.4 is 10.9 Å². The maximum Gasteiger partial charge on any atom is 0.495 e. The molecule has 8 aromatic carbocycles. The van der Waals surface area contributed by atoms with Crippen LogP contribution in [0.25, 0.3) is 87.7 Å². The number of unbranched alkanes of at least 4 members (excludes halogenated alkanes) is 12. The molecule has 0 unspecified atom stereocenters. The van der Waals surface area contributed by atoms with E-state index < -0.39 is 36.6 Å². The van der Waals surface area contributed by atoms with E-state index in [0.717, 1.165) is 51.4 Å². The number of hydrogen-bond acceptors (Lipinski definition) is 4. The van der Waals surface area contributed by atoms with Crippen LogP contribution in [-0.2, 0) is 44.3 Å². The van der Waals surface area contributed by atoms with E-state index in [0.29, 0.717) is 0 Å². The Morgan fingerprint density at radius 1 is 0.318 bits per heavy atom. The largest absolute Gasteiger partial charge is 0.495 e. The molecule has 4 heterocycles. The highest BCUT2D eigenvalue weighted by molar-refractivity contribution is 6.63. The van der Waals surface area contributed by atoms with Crippen molar-refractivity contribution in [1.29, 1.82) is 0 Å². The fraction of sp³-hybridized carbons (Fsp3) is 0.450. The lowest BCUT2D eigenvalue weighted by Crippen LogP contribution is -2.41. The summed E-state index contributed by atoms with van der Waals surface area (Å²) in [5, 5.41) is 10.2. The summed E-state index contributed by atoms with van der Waals surface area (Å²) >= 11 is 0. The third-order valence-electron chi connectivity index (χ3n) is 21.0. The fourth-order valence-electron chi connectivity index (χ4n) is 14.4. The van der Waals surface area contributed by atoms with Crippen molar-refractivity contribution in [1.82, 2.24) is 9.13 Å². The van der Waals surface area contributed by atoms with Gasteiger partial charge >= 0.3 is 14.2 Å². The van der Waals surface area contributed by atoms with Gasteiger partial charge in [0, 0.05) is 32.9 Å². The molecule has 2 saturated heterocycles. The van der Waals surface area contributed by atoms with Crippen LogP contribution in [0.2, 0.25) is 0 Å². The topological polar surface area (TPSA) is 46.8 Å². The zero-order valence-electron chi connectivity index (χ0n) is 55.5. The molecule has 2 aliphatic heterocycles. The molecule has 0 N–H and O–H groups in total. The first-order chi connectivity index (χ1) is 42.5. The summed E-state index contributed by atoms with van der Waals surface area (Å²) in [5.41, 5.74) is 16.0. The van der Waals surface area contributed by atoms with Gasteiger partial charge in [0.2, 0.25) is 0 Å². The van der Waals surface area contributed by atoms with Crippen molar-refractivity contribution in [2.45, 2.75) is 234 Å². The minimum absolute atomic E-state index is 0.424. The van der Waals surface area contributed by atoms with Crippen LogP contribution in [0.5, 0.6) is 0 Å². The van der Waals surface area contributed by atoms with Crippen LogP contribution in [-0.4, -0.2) is 45.8 Å². The quantitative estimate of drug-likeness (QED) is 0.0423. The van der Waals surface area contributed by atoms with Gasteiger partial charge in [-0.1, -0.05) is 190 Å². The average molecular weight is 1170 g/mol. The lowest BCUT2D eigenvalue weighted by molar-refractivity contribution is 0.00578. The first-order valence-electron chi connectivity index (χ1n) is 34.4. The zero-order valence-corrected chi connectivity index (χ0v) is 55.5. The summed E-state index contributed by atoms with van der Waals surface area (Å²) < 4.78 is 33.0.